The highest BCUT2D eigenvalue weighted by Gasteiger charge is 2.25. The molecule has 1 saturated heterocycles. The molecule has 0 aromatic carbocycles. The summed E-state index contributed by atoms with van der Waals surface area (Å²) in [5.41, 5.74) is 0. The summed E-state index contributed by atoms with van der Waals surface area (Å²) >= 11 is 1.47. The molecule has 0 spiro atoms. The van der Waals surface area contributed by atoms with E-state index in [-0.39, 0.29) is 0 Å². The third-order valence-electron chi connectivity index (χ3n) is 3.71. The van der Waals surface area contributed by atoms with Crippen molar-refractivity contribution in [3.05, 3.63) is 16.3 Å². The molecule has 0 bridgehead atoms. The SMILES string of the molecule is CCN1CCC(CNS(=O)(=O)c2ccsc2CNC)C1. The smallest absolute Gasteiger partial charge is 0.241 e. The summed E-state index contributed by atoms with van der Waals surface area (Å²) < 4.78 is 27.5. The van der Waals surface area contributed by atoms with Crippen LogP contribution in [0.5, 0.6) is 0 Å². The second-order valence-electron chi connectivity index (χ2n) is 5.14. The van der Waals surface area contributed by atoms with Crippen molar-refractivity contribution in [3.63, 3.8) is 0 Å². The minimum Gasteiger partial charge on any atom is -0.315 e. The number of rotatable bonds is 7. The second kappa shape index (κ2) is 7.00. The lowest BCUT2D eigenvalue weighted by Gasteiger charge is -2.14. The molecule has 1 aliphatic rings. The van der Waals surface area contributed by atoms with Crippen LogP contribution >= 0.6 is 11.3 Å². The van der Waals surface area contributed by atoms with Crippen molar-refractivity contribution in [1.29, 1.82) is 0 Å². The zero-order chi connectivity index (χ0) is 14.6. The summed E-state index contributed by atoms with van der Waals surface area (Å²) in [5, 5.41) is 4.83. The number of nitrogens with one attached hydrogen (secondary N) is 2. The van der Waals surface area contributed by atoms with Crippen molar-refractivity contribution >= 4 is 21.4 Å². The summed E-state index contributed by atoms with van der Waals surface area (Å²) in [5.74, 6) is 0.427. The van der Waals surface area contributed by atoms with Crippen molar-refractivity contribution in [2.24, 2.45) is 5.92 Å². The van der Waals surface area contributed by atoms with E-state index < -0.39 is 10.0 Å². The van der Waals surface area contributed by atoms with Gasteiger partial charge < -0.3 is 10.2 Å². The predicted molar refractivity (Wildman–Crippen MR) is 82.5 cm³/mol. The Hall–Kier alpha value is -0.470. The van der Waals surface area contributed by atoms with Crippen LogP contribution < -0.4 is 10.0 Å². The van der Waals surface area contributed by atoms with E-state index in [0.717, 1.165) is 30.9 Å². The van der Waals surface area contributed by atoms with Gasteiger partial charge in [0, 0.05) is 24.5 Å². The average molecular weight is 317 g/mol. The van der Waals surface area contributed by atoms with Crippen LogP contribution in [0, 0.1) is 5.92 Å². The maximum absolute atomic E-state index is 12.4. The minimum absolute atomic E-state index is 0.419. The molecule has 2 N–H and O–H groups in total. The third kappa shape index (κ3) is 3.79. The summed E-state index contributed by atoms with van der Waals surface area (Å²) in [6.45, 7) is 6.37. The third-order valence-corrected chi connectivity index (χ3v) is 6.27. The molecule has 1 fully saturated rings. The van der Waals surface area contributed by atoms with E-state index in [2.05, 4.69) is 21.9 Å². The molecule has 7 heteroatoms. The van der Waals surface area contributed by atoms with Gasteiger partial charge in [-0.05, 0) is 43.9 Å². The van der Waals surface area contributed by atoms with E-state index in [1.807, 2.05) is 12.4 Å². The molecule has 1 aliphatic heterocycles. The molecule has 20 heavy (non-hydrogen) atoms. The van der Waals surface area contributed by atoms with E-state index in [9.17, 15) is 8.42 Å². The van der Waals surface area contributed by atoms with Crippen LogP contribution in [-0.4, -0.2) is 46.5 Å². The number of hydrogen-bond donors (Lipinski definition) is 2. The fourth-order valence-corrected chi connectivity index (χ4v) is 5.10. The maximum atomic E-state index is 12.4. The molecule has 2 heterocycles. The first kappa shape index (κ1) is 15.9. The standard InChI is InChI=1S/C13H23N3O2S2/c1-3-16-6-4-11(10-16)8-15-20(17,18)13-5-7-19-12(13)9-14-2/h5,7,11,14-15H,3-4,6,8-10H2,1-2H3. The van der Waals surface area contributed by atoms with Crippen molar-refractivity contribution in [2.75, 3.05) is 33.2 Å². The van der Waals surface area contributed by atoms with E-state index in [4.69, 9.17) is 0 Å². The summed E-state index contributed by atoms with van der Waals surface area (Å²) in [4.78, 5) is 3.64. The number of nitrogens with zero attached hydrogens (tertiary/aromatic N) is 1. The van der Waals surface area contributed by atoms with E-state index in [0.29, 0.717) is 23.9 Å². The quantitative estimate of drug-likeness (QED) is 0.790. The van der Waals surface area contributed by atoms with Crippen molar-refractivity contribution in [1.82, 2.24) is 14.9 Å². The summed E-state index contributed by atoms with van der Waals surface area (Å²) in [6.07, 6.45) is 1.07. The molecule has 1 aromatic rings. The van der Waals surface area contributed by atoms with Gasteiger partial charge in [0.15, 0.2) is 0 Å². The lowest BCUT2D eigenvalue weighted by Crippen LogP contribution is -2.31. The monoisotopic (exact) mass is 317 g/mol. The van der Waals surface area contributed by atoms with E-state index in [1.165, 1.54) is 11.3 Å². The van der Waals surface area contributed by atoms with Crippen molar-refractivity contribution < 1.29 is 8.42 Å². The molecular formula is C13H23N3O2S2. The van der Waals surface area contributed by atoms with Gasteiger partial charge in [0.25, 0.3) is 0 Å². The highest BCUT2D eigenvalue weighted by molar-refractivity contribution is 7.89. The Morgan fingerprint density at radius 3 is 2.95 bits per heavy atom. The molecule has 5 nitrogen and oxygen atoms in total. The van der Waals surface area contributed by atoms with Gasteiger partial charge in [0.05, 0.1) is 4.90 Å². The molecule has 0 saturated carbocycles. The van der Waals surface area contributed by atoms with Crippen LogP contribution in [0.1, 0.15) is 18.2 Å². The van der Waals surface area contributed by atoms with Crippen LogP contribution in [0.4, 0.5) is 0 Å². The zero-order valence-corrected chi connectivity index (χ0v) is 13.7. The maximum Gasteiger partial charge on any atom is 0.241 e. The Balaban J connectivity index is 1.96. The Labute approximate surface area is 125 Å². The highest BCUT2D eigenvalue weighted by Crippen LogP contribution is 2.22. The van der Waals surface area contributed by atoms with Gasteiger partial charge in [-0.25, -0.2) is 13.1 Å². The first-order chi connectivity index (χ1) is 9.56. The van der Waals surface area contributed by atoms with Gasteiger partial charge >= 0.3 is 0 Å². The summed E-state index contributed by atoms with van der Waals surface area (Å²) in [7, 11) is -1.56. The molecular weight excluding hydrogens is 294 g/mol. The normalized spacial score (nSPS) is 20.6. The minimum atomic E-state index is -3.38. The molecule has 114 valence electrons. The number of hydrogen-bond acceptors (Lipinski definition) is 5. The number of sulfonamides is 1. The van der Waals surface area contributed by atoms with Gasteiger partial charge in [0.1, 0.15) is 0 Å². The van der Waals surface area contributed by atoms with Gasteiger partial charge in [0.2, 0.25) is 10.0 Å². The molecule has 0 aliphatic carbocycles. The Morgan fingerprint density at radius 1 is 1.50 bits per heavy atom. The van der Waals surface area contributed by atoms with Gasteiger partial charge in [-0.15, -0.1) is 11.3 Å². The van der Waals surface area contributed by atoms with Crippen molar-refractivity contribution in [3.8, 4) is 0 Å². The van der Waals surface area contributed by atoms with Crippen LogP contribution in [0.3, 0.4) is 0 Å². The largest absolute Gasteiger partial charge is 0.315 e. The molecule has 1 aromatic heterocycles. The van der Waals surface area contributed by atoms with Gasteiger partial charge in [-0.3, -0.25) is 0 Å². The number of thiophene rings is 1. The molecule has 0 radical (unpaired) electrons. The second-order valence-corrected chi connectivity index (χ2v) is 7.87. The van der Waals surface area contributed by atoms with Gasteiger partial charge in [-0.2, -0.15) is 0 Å². The molecule has 0 amide bonds. The number of likely N-dealkylation sites (tertiary alicyclic amines) is 1. The average Bonchev–Trinajstić information content (AvgIpc) is 3.05. The Morgan fingerprint density at radius 2 is 2.30 bits per heavy atom. The molecule has 1 atom stereocenters. The lowest BCUT2D eigenvalue weighted by atomic mass is 10.1. The van der Waals surface area contributed by atoms with Crippen LogP contribution in [0.15, 0.2) is 16.3 Å². The highest BCUT2D eigenvalue weighted by atomic mass is 32.2. The lowest BCUT2D eigenvalue weighted by molar-refractivity contribution is 0.342. The zero-order valence-electron chi connectivity index (χ0n) is 12.1. The first-order valence-corrected chi connectivity index (χ1v) is 9.36. The summed E-state index contributed by atoms with van der Waals surface area (Å²) in [6, 6.07) is 1.69. The van der Waals surface area contributed by atoms with Crippen LogP contribution in [-0.2, 0) is 16.6 Å². The van der Waals surface area contributed by atoms with Crippen LogP contribution in [0.2, 0.25) is 0 Å². The molecule has 2 rings (SSSR count). The fourth-order valence-electron chi connectivity index (χ4n) is 2.53. The van der Waals surface area contributed by atoms with Crippen molar-refractivity contribution in [2.45, 2.75) is 24.8 Å². The van der Waals surface area contributed by atoms with E-state index >= 15 is 0 Å². The van der Waals surface area contributed by atoms with Gasteiger partial charge in [-0.1, -0.05) is 6.92 Å². The Kier molecular flexibility index (Phi) is 5.57. The van der Waals surface area contributed by atoms with E-state index in [1.54, 1.807) is 6.07 Å². The fraction of sp³-hybridized carbons (Fsp3) is 0.692. The molecule has 1 unspecified atom stereocenters. The van der Waals surface area contributed by atoms with Crippen LogP contribution in [0.25, 0.3) is 0 Å². The first-order valence-electron chi connectivity index (χ1n) is 6.99. The Bertz CT molecular complexity index is 527. The topological polar surface area (TPSA) is 61.4 Å². The predicted octanol–water partition coefficient (Wildman–Crippen LogP) is 1.09.